The summed E-state index contributed by atoms with van der Waals surface area (Å²) in [5.41, 5.74) is 2.95. The van der Waals surface area contributed by atoms with E-state index in [9.17, 15) is 0 Å². The Morgan fingerprint density at radius 3 is 2.60 bits per heavy atom. The Kier molecular flexibility index (Phi) is 2.74. The third kappa shape index (κ3) is 2.02. The molecule has 0 spiro atoms. The second kappa shape index (κ2) is 3.89. The molecule has 0 saturated carbocycles. The summed E-state index contributed by atoms with van der Waals surface area (Å²) >= 11 is 4.40. The number of thiol groups is 1. The summed E-state index contributed by atoms with van der Waals surface area (Å²) in [4.78, 5) is 4.42. The van der Waals surface area contributed by atoms with Crippen LogP contribution in [-0.2, 0) is 0 Å². The lowest BCUT2D eigenvalue weighted by Crippen LogP contribution is -1.84. The van der Waals surface area contributed by atoms with Crippen LogP contribution in [0.1, 0.15) is 43.4 Å². The average Bonchev–Trinajstić information content (AvgIpc) is 2.59. The Hall–Kier alpha value is -0.960. The maximum absolute atomic E-state index is 5.68. The zero-order valence-corrected chi connectivity index (χ0v) is 10.1. The van der Waals surface area contributed by atoms with Crippen LogP contribution in [0.5, 0.6) is 0 Å². The molecule has 2 rings (SSSR count). The van der Waals surface area contributed by atoms with Gasteiger partial charge in [-0.3, -0.25) is 0 Å². The van der Waals surface area contributed by atoms with Gasteiger partial charge in [-0.25, -0.2) is 4.98 Å². The molecule has 1 heterocycles. The zero-order valence-electron chi connectivity index (χ0n) is 9.19. The van der Waals surface area contributed by atoms with Gasteiger partial charge in [-0.1, -0.05) is 19.9 Å². The highest BCUT2D eigenvalue weighted by molar-refractivity contribution is 7.80. The van der Waals surface area contributed by atoms with Gasteiger partial charge in [-0.05, 0) is 24.6 Å². The average molecular weight is 221 g/mol. The van der Waals surface area contributed by atoms with Crippen LogP contribution in [0.2, 0.25) is 0 Å². The van der Waals surface area contributed by atoms with Crippen molar-refractivity contribution in [2.45, 2.75) is 31.9 Å². The molecular weight excluding hydrogens is 206 g/mol. The molecule has 0 aliphatic heterocycles. The number of benzene rings is 1. The third-order valence-electron chi connectivity index (χ3n) is 2.41. The van der Waals surface area contributed by atoms with Gasteiger partial charge in [0.25, 0.3) is 0 Å². The monoisotopic (exact) mass is 221 g/mol. The Morgan fingerprint density at radius 2 is 2.00 bits per heavy atom. The molecule has 0 saturated heterocycles. The normalized spacial score (nSPS) is 13.7. The Balaban J connectivity index is 2.52. The van der Waals surface area contributed by atoms with Crippen LogP contribution < -0.4 is 0 Å². The van der Waals surface area contributed by atoms with E-state index in [0.29, 0.717) is 5.92 Å². The van der Waals surface area contributed by atoms with Gasteiger partial charge in [0.15, 0.2) is 11.5 Å². The van der Waals surface area contributed by atoms with Crippen molar-refractivity contribution in [3.05, 3.63) is 29.7 Å². The predicted octanol–water partition coefficient (Wildman–Crippen LogP) is 3.94. The van der Waals surface area contributed by atoms with E-state index in [-0.39, 0.29) is 5.25 Å². The highest BCUT2D eigenvalue weighted by Crippen LogP contribution is 2.26. The summed E-state index contributed by atoms with van der Waals surface area (Å²) < 4.78 is 5.68. The lowest BCUT2D eigenvalue weighted by atomic mass is 10.1. The first-order valence-corrected chi connectivity index (χ1v) is 5.68. The van der Waals surface area contributed by atoms with E-state index in [4.69, 9.17) is 4.42 Å². The highest BCUT2D eigenvalue weighted by atomic mass is 32.1. The van der Waals surface area contributed by atoms with E-state index in [1.807, 2.05) is 25.1 Å². The summed E-state index contributed by atoms with van der Waals surface area (Å²) in [5, 5.41) is 0.224. The van der Waals surface area contributed by atoms with E-state index in [1.54, 1.807) is 0 Å². The van der Waals surface area contributed by atoms with E-state index < -0.39 is 0 Å². The SMILES string of the molecule is CC(C)c1nc2ccc(C(C)S)cc2o1. The lowest BCUT2D eigenvalue weighted by molar-refractivity contribution is 0.501. The van der Waals surface area contributed by atoms with Crippen LogP contribution in [0.4, 0.5) is 0 Å². The molecule has 0 amide bonds. The molecule has 80 valence electrons. The van der Waals surface area contributed by atoms with Crippen LogP contribution in [0.25, 0.3) is 11.1 Å². The molecule has 15 heavy (non-hydrogen) atoms. The van der Waals surface area contributed by atoms with Crippen molar-refractivity contribution in [2.75, 3.05) is 0 Å². The first-order chi connectivity index (χ1) is 7.08. The third-order valence-corrected chi connectivity index (χ3v) is 2.70. The molecule has 0 aliphatic rings. The van der Waals surface area contributed by atoms with Crippen molar-refractivity contribution in [3.63, 3.8) is 0 Å². The number of fused-ring (bicyclic) bond motifs is 1. The number of hydrogen-bond acceptors (Lipinski definition) is 3. The van der Waals surface area contributed by atoms with Crippen molar-refractivity contribution in [1.29, 1.82) is 0 Å². The number of aromatic nitrogens is 1. The molecule has 2 aromatic rings. The number of nitrogens with zero attached hydrogens (tertiary/aromatic N) is 1. The summed E-state index contributed by atoms with van der Waals surface area (Å²) in [6, 6.07) is 6.06. The number of hydrogen-bond donors (Lipinski definition) is 1. The highest BCUT2D eigenvalue weighted by Gasteiger charge is 2.10. The molecule has 0 bridgehead atoms. The van der Waals surface area contributed by atoms with Gasteiger partial charge in [0.2, 0.25) is 0 Å². The summed E-state index contributed by atoms with van der Waals surface area (Å²) in [6.45, 7) is 6.20. The summed E-state index contributed by atoms with van der Waals surface area (Å²) in [6.07, 6.45) is 0. The van der Waals surface area contributed by atoms with E-state index >= 15 is 0 Å². The van der Waals surface area contributed by atoms with E-state index in [1.165, 1.54) is 0 Å². The van der Waals surface area contributed by atoms with Gasteiger partial charge >= 0.3 is 0 Å². The minimum absolute atomic E-state index is 0.224. The summed E-state index contributed by atoms with van der Waals surface area (Å²) in [7, 11) is 0. The number of rotatable bonds is 2. The fourth-order valence-corrected chi connectivity index (χ4v) is 1.63. The Bertz CT molecular complexity index is 467. The molecule has 1 atom stereocenters. The van der Waals surface area contributed by atoms with Gasteiger partial charge in [-0.2, -0.15) is 12.6 Å². The second-order valence-electron chi connectivity index (χ2n) is 4.11. The fraction of sp³-hybridized carbons (Fsp3) is 0.417. The Labute approximate surface area is 95.1 Å². The van der Waals surface area contributed by atoms with E-state index in [2.05, 4.69) is 31.5 Å². The molecule has 0 radical (unpaired) electrons. The molecular formula is C12H15NOS. The largest absolute Gasteiger partial charge is 0.440 e. The smallest absolute Gasteiger partial charge is 0.198 e. The molecule has 0 N–H and O–H groups in total. The Morgan fingerprint density at radius 1 is 1.27 bits per heavy atom. The first-order valence-electron chi connectivity index (χ1n) is 5.16. The fourth-order valence-electron chi connectivity index (χ4n) is 1.47. The zero-order chi connectivity index (χ0) is 11.0. The van der Waals surface area contributed by atoms with Crippen LogP contribution in [0, 0.1) is 0 Å². The molecule has 2 nitrogen and oxygen atoms in total. The van der Waals surface area contributed by atoms with Crippen molar-refractivity contribution in [1.82, 2.24) is 4.98 Å². The van der Waals surface area contributed by atoms with Crippen LogP contribution in [0.3, 0.4) is 0 Å². The molecule has 0 aliphatic carbocycles. The van der Waals surface area contributed by atoms with Crippen LogP contribution in [0.15, 0.2) is 22.6 Å². The van der Waals surface area contributed by atoms with Gasteiger partial charge in [0.1, 0.15) is 5.52 Å². The molecule has 3 heteroatoms. The first kappa shape index (κ1) is 10.6. The predicted molar refractivity (Wildman–Crippen MR) is 65.5 cm³/mol. The lowest BCUT2D eigenvalue weighted by Gasteiger charge is -2.02. The maximum Gasteiger partial charge on any atom is 0.198 e. The van der Waals surface area contributed by atoms with E-state index in [0.717, 1.165) is 22.6 Å². The molecule has 1 unspecified atom stereocenters. The van der Waals surface area contributed by atoms with Gasteiger partial charge in [-0.15, -0.1) is 0 Å². The standard InChI is InChI=1S/C12H15NOS/c1-7(2)12-13-10-5-4-9(8(3)15)6-11(10)14-12/h4-8,15H,1-3H3. The van der Waals surface area contributed by atoms with Crippen molar-refractivity contribution in [3.8, 4) is 0 Å². The quantitative estimate of drug-likeness (QED) is 0.777. The second-order valence-corrected chi connectivity index (χ2v) is 4.88. The molecule has 0 fully saturated rings. The minimum atomic E-state index is 0.224. The number of oxazole rings is 1. The topological polar surface area (TPSA) is 26.0 Å². The molecule has 1 aromatic carbocycles. The van der Waals surface area contributed by atoms with Gasteiger partial charge in [0.05, 0.1) is 0 Å². The van der Waals surface area contributed by atoms with Crippen LogP contribution in [-0.4, -0.2) is 4.98 Å². The van der Waals surface area contributed by atoms with Crippen molar-refractivity contribution >= 4 is 23.7 Å². The summed E-state index contributed by atoms with van der Waals surface area (Å²) in [5.74, 6) is 1.13. The van der Waals surface area contributed by atoms with Crippen molar-refractivity contribution in [2.24, 2.45) is 0 Å². The van der Waals surface area contributed by atoms with Gasteiger partial charge < -0.3 is 4.42 Å². The van der Waals surface area contributed by atoms with Gasteiger partial charge in [0, 0.05) is 11.2 Å². The minimum Gasteiger partial charge on any atom is -0.440 e. The molecule has 1 aromatic heterocycles. The van der Waals surface area contributed by atoms with Crippen molar-refractivity contribution < 1.29 is 4.42 Å². The van der Waals surface area contributed by atoms with Crippen LogP contribution >= 0.6 is 12.6 Å². The maximum atomic E-state index is 5.68.